The number of likely N-dealkylation sites (tertiary alicyclic amines) is 1. The zero-order valence-electron chi connectivity index (χ0n) is 10.8. The van der Waals surface area contributed by atoms with Crippen molar-refractivity contribution >= 4 is 34.6 Å². The quantitative estimate of drug-likeness (QED) is 0.682. The molecule has 3 rings (SSSR count). The first-order chi connectivity index (χ1) is 9.54. The molecule has 1 unspecified atom stereocenters. The van der Waals surface area contributed by atoms with Crippen LogP contribution in [0.4, 0.5) is 11.4 Å². The molecule has 1 heterocycles. The van der Waals surface area contributed by atoms with E-state index in [-0.39, 0.29) is 5.69 Å². The Morgan fingerprint density at radius 3 is 2.45 bits per heavy atom. The van der Waals surface area contributed by atoms with Gasteiger partial charge in [0.05, 0.1) is 20.7 Å². The number of non-ortho nitro benzene ring substituents is 1. The summed E-state index contributed by atoms with van der Waals surface area (Å²) in [4.78, 5) is 12.7. The van der Waals surface area contributed by atoms with E-state index in [2.05, 4.69) is 10.2 Å². The van der Waals surface area contributed by atoms with Gasteiger partial charge in [-0.15, -0.1) is 0 Å². The van der Waals surface area contributed by atoms with Crippen LogP contribution in [-0.2, 0) is 0 Å². The van der Waals surface area contributed by atoms with Gasteiger partial charge in [0.15, 0.2) is 0 Å². The summed E-state index contributed by atoms with van der Waals surface area (Å²) in [5.74, 6) is 0. The number of halogens is 2. The van der Waals surface area contributed by atoms with Crippen LogP contribution in [-0.4, -0.2) is 35.0 Å². The van der Waals surface area contributed by atoms with Gasteiger partial charge in [-0.25, -0.2) is 0 Å². The zero-order chi connectivity index (χ0) is 14.3. The van der Waals surface area contributed by atoms with Gasteiger partial charge >= 0.3 is 0 Å². The molecule has 0 amide bonds. The van der Waals surface area contributed by atoms with E-state index in [4.69, 9.17) is 23.2 Å². The maximum absolute atomic E-state index is 10.7. The van der Waals surface area contributed by atoms with Crippen LogP contribution in [0, 0.1) is 10.1 Å². The Bertz CT molecular complexity index is 525. The number of benzene rings is 1. The molecule has 1 aromatic rings. The number of nitrogens with zero attached hydrogens (tertiary/aromatic N) is 2. The first-order valence-corrected chi connectivity index (χ1v) is 7.44. The number of nitro benzene ring substituents is 1. The van der Waals surface area contributed by atoms with E-state index in [9.17, 15) is 10.1 Å². The molecular formula is C13H15Cl2N3O2. The molecule has 1 atom stereocenters. The van der Waals surface area contributed by atoms with Crippen molar-refractivity contribution in [1.29, 1.82) is 0 Å². The summed E-state index contributed by atoms with van der Waals surface area (Å²) in [7, 11) is 0. The van der Waals surface area contributed by atoms with Crippen molar-refractivity contribution < 1.29 is 4.92 Å². The lowest BCUT2D eigenvalue weighted by molar-refractivity contribution is -0.384. The summed E-state index contributed by atoms with van der Waals surface area (Å²) in [6, 6.07) is 3.73. The first kappa shape index (κ1) is 13.9. The average Bonchev–Trinajstić information content (AvgIpc) is 3.14. The fraction of sp³-hybridized carbons (Fsp3) is 0.538. The SMILES string of the molecule is O=[N+]([O-])c1cc(Cl)c(NC2CCN(C3CC3)C2)c(Cl)c1. The minimum atomic E-state index is -0.494. The lowest BCUT2D eigenvalue weighted by Gasteiger charge is -2.18. The topological polar surface area (TPSA) is 58.4 Å². The van der Waals surface area contributed by atoms with Crippen LogP contribution >= 0.6 is 23.2 Å². The van der Waals surface area contributed by atoms with Crippen molar-refractivity contribution in [2.75, 3.05) is 18.4 Å². The molecule has 2 fully saturated rings. The highest BCUT2D eigenvalue weighted by Gasteiger charge is 2.34. The van der Waals surface area contributed by atoms with E-state index in [1.165, 1.54) is 25.0 Å². The van der Waals surface area contributed by atoms with Crippen LogP contribution in [0.25, 0.3) is 0 Å². The van der Waals surface area contributed by atoms with E-state index in [1.54, 1.807) is 0 Å². The minimum absolute atomic E-state index is 0.0865. The van der Waals surface area contributed by atoms with Crippen molar-refractivity contribution in [3.8, 4) is 0 Å². The number of rotatable bonds is 4. The van der Waals surface area contributed by atoms with Crippen LogP contribution in [0.1, 0.15) is 19.3 Å². The van der Waals surface area contributed by atoms with E-state index < -0.39 is 4.92 Å². The van der Waals surface area contributed by atoms with E-state index >= 15 is 0 Å². The molecule has 1 aliphatic heterocycles. The molecule has 108 valence electrons. The molecule has 1 saturated heterocycles. The van der Waals surface area contributed by atoms with Crippen molar-refractivity contribution in [1.82, 2.24) is 4.90 Å². The fourth-order valence-corrected chi connectivity index (χ4v) is 3.27. The fourth-order valence-electron chi connectivity index (χ4n) is 2.68. The normalized spacial score (nSPS) is 23.0. The maximum Gasteiger partial charge on any atom is 0.272 e. The highest BCUT2D eigenvalue weighted by Crippen LogP contribution is 2.37. The Labute approximate surface area is 127 Å². The molecule has 7 heteroatoms. The molecule has 1 aliphatic carbocycles. The van der Waals surface area contributed by atoms with Crippen LogP contribution in [0.3, 0.4) is 0 Å². The molecule has 1 saturated carbocycles. The van der Waals surface area contributed by atoms with Gasteiger partial charge in [-0.3, -0.25) is 15.0 Å². The van der Waals surface area contributed by atoms with Crippen molar-refractivity contribution in [2.24, 2.45) is 0 Å². The molecule has 20 heavy (non-hydrogen) atoms. The summed E-state index contributed by atoms with van der Waals surface area (Å²) in [5.41, 5.74) is 0.512. The monoisotopic (exact) mass is 315 g/mol. The van der Waals surface area contributed by atoms with Gasteiger partial charge in [0.2, 0.25) is 0 Å². The number of hydrogen-bond acceptors (Lipinski definition) is 4. The number of anilines is 1. The molecule has 0 bridgehead atoms. The second kappa shape index (κ2) is 5.39. The predicted octanol–water partition coefficient (Wildman–Crippen LogP) is 3.55. The van der Waals surface area contributed by atoms with Gasteiger partial charge in [0, 0.05) is 37.3 Å². The predicted molar refractivity (Wildman–Crippen MR) is 79.7 cm³/mol. The summed E-state index contributed by atoms with van der Waals surface area (Å²) in [5, 5.41) is 14.7. The van der Waals surface area contributed by atoms with Gasteiger partial charge in [-0.1, -0.05) is 23.2 Å². The number of hydrogen-bond donors (Lipinski definition) is 1. The molecule has 1 aromatic carbocycles. The largest absolute Gasteiger partial charge is 0.379 e. The summed E-state index contributed by atoms with van der Waals surface area (Å²) in [6.07, 6.45) is 3.64. The van der Waals surface area contributed by atoms with Crippen LogP contribution in [0.5, 0.6) is 0 Å². The Balaban J connectivity index is 1.72. The molecule has 2 aliphatic rings. The van der Waals surface area contributed by atoms with Gasteiger partial charge < -0.3 is 5.32 Å². The molecule has 0 spiro atoms. The van der Waals surface area contributed by atoms with Gasteiger partial charge in [0.1, 0.15) is 0 Å². The Hall–Kier alpha value is -1.04. The summed E-state index contributed by atoms with van der Waals surface area (Å²) in [6.45, 7) is 2.07. The third-order valence-corrected chi connectivity index (χ3v) is 4.47. The lowest BCUT2D eigenvalue weighted by Crippen LogP contribution is -2.27. The van der Waals surface area contributed by atoms with Gasteiger partial charge in [-0.2, -0.15) is 0 Å². The van der Waals surface area contributed by atoms with Crippen LogP contribution in [0.2, 0.25) is 10.0 Å². The zero-order valence-corrected chi connectivity index (χ0v) is 12.3. The summed E-state index contributed by atoms with van der Waals surface area (Å²) < 4.78 is 0. The molecule has 1 N–H and O–H groups in total. The number of nitro groups is 1. The number of nitrogens with one attached hydrogen (secondary N) is 1. The van der Waals surface area contributed by atoms with Crippen molar-refractivity contribution in [2.45, 2.75) is 31.3 Å². The molecular weight excluding hydrogens is 301 g/mol. The maximum atomic E-state index is 10.7. The van der Waals surface area contributed by atoms with E-state index in [1.807, 2.05) is 0 Å². The van der Waals surface area contributed by atoms with Gasteiger partial charge in [0.25, 0.3) is 5.69 Å². The second-order valence-electron chi connectivity index (χ2n) is 5.40. The molecule has 0 radical (unpaired) electrons. The minimum Gasteiger partial charge on any atom is -0.379 e. The highest BCUT2D eigenvalue weighted by atomic mass is 35.5. The van der Waals surface area contributed by atoms with Crippen LogP contribution in [0.15, 0.2) is 12.1 Å². The van der Waals surface area contributed by atoms with Crippen molar-refractivity contribution in [3.63, 3.8) is 0 Å². The first-order valence-electron chi connectivity index (χ1n) is 6.68. The molecule has 5 nitrogen and oxygen atoms in total. The van der Waals surface area contributed by atoms with E-state index in [0.717, 1.165) is 25.6 Å². The highest BCUT2D eigenvalue weighted by molar-refractivity contribution is 6.39. The van der Waals surface area contributed by atoms with E-state index in [0.29, 0.717) is 21.8 Å². The Morgan fingerprint density at radius 2 is 1.90 bits per heavy atom. The standard InChI is InChI=1S/C13H15Cl2N3O2/c14-11-5-10(18(19)20)6-12(15)13(11)16-8-3-4-17(7-8)9-1-2-9/h5-6,8-9,16H,1-4,7H2. The van der Waals surface area contributed by atoms with Gasteiger partial charge in [-0.05, 0) is 19.3 Å². The Kier molecular flexibility index (Phi) is 3.75. The van der Waals surface area contributed by atoms with Crippen LogP contribution < -0.4 is 5.32 Å². The Morgan fingerprint density at radius 1 is 1.25 bits per heavy atom. The lowest BCUT2D eigenvalue weighted by atomic mass is 10.2. The summed E-state index contributed by atoms with van der Waals surface area (Å²) >= 11 is 12.2. The second-order valence-corrected chi connectivity index (χ2v) is 6.21. The van der Waals surface area contributed by atoms with Crippen molar-refractivity contribution in [3.05, 3.63) is 32.3 Å². The smallest absolute Gasteiger partial charge is 0.272 e. The third kappa shape index (κ3) is 2.85. The molecule has 0 aromatic heterocycles. The third-order valence-electron chi connectivity index (χ3n) is 3.87. The average molecular weight is 316 g/mol.